The average molecular weight is 279 g/mol. The molecule has 0 spiro atoms. The van der Waals surface area contributed by atoms with Gasteiger partial charge >= 0.3 is 0 Å². The molecule has 3 aromatic rings. The predicted molar refractivity (Wildman–Crippen MR) is 85.3 cm³/mol. The molecule has 0 saturated heterocycles. The highest BCUT2D eigenvalue weighted by Crippen LogP contribution is 2.17. The Labute approximate surface area is 123 Å². The van der Waals surface area contributed by atoms with Gasteiger partial charge in [-0.3, -0.25) is 4.98 Å². The summed E-state index contributed by atoms with van der Waals surface area (Å²) in [5.74, 6) is 1.44. The van der Waals surface area contributed by atoms with Crippen LogP contribution in [0.4, 0.5) is 11.8 Å². The average Bonchev–Trinajstić information content (AvgIpc) is 2.53. The van der Waals surface area contributed by atoms with Crippen molar-refractivity contribution in [2.75, 3.05) is 17.2 Å². The normalized spacial score (nSPS) is 10.5. The third-order valence-electron chi connectivity index (χ3n) is 3.17. The number of para-hydroxylation sites is 1. The number of fused-ring (bicyclic) bond motifs is 1. The first-order chi connectivity index (χ1) is 10.4. The van der Waals surface area contributed by atoms with Crippen molar-refractivity contribution >= 4 is 22.7 Å². The van der Waals surface area contributed by atoms with E-state index in [2.05, 4.69) is 43.8 Å². The minimum absolute atomic E-state index is 0.638. The molecule has 2 aromatic heterocycles. The van der Waals surface area contributed by atoms with E-state index in [1.165, 1.54) is 0 Å². The van der Waals surface area contributed by atoms with Crippen molar-refractivity contribution in [3.63, 3.8) is 0 Å². The van der Waals surface area contributed by atoms with Crippen LogP contribution in [0.3, 0.4) is 0 Å². The van der Waals surface area contributed by atoms with Crippen LogP contribution in [0.25, 0.3) is 10.9 Å². The molecule has 5 heteroatoms. The fourth-order valence-corrected chi connectivity index (χ4v) is 2.20. The number of benzene rings is 1. The van der Waals surface area contributed by atoms with E-state index in [1.54, 1.807) is 6.20 Å². The number of rotatable bonds is 5. The van der Waals surface area contributed by atoms with Crippen LogP contribution < -0.4 is 10.6 Å². The third kappa shape index (κ3) is 3.08. The van der Waals surface area contributed by atoms with Crippen molar-refractivity contribution in [2.45, 2.75) is 13.5 Å². The quantitative estimate of drug-likeness (QED) is 0.751. The molecule has 0 atom stereocenters. The first-order valence-electron chi connectivity index (χ1n) is 7.00. The topological polar surface area (TPSA) is 62.7 Å². The van der Waals surface area contributed by atoms with Crippen molar-refractivity contribution in [1.82, 2.24) is 15.0 Å². The molecule has 0 fully saturated rings. The van der Waals surface area contributed by atoms with Crippen LogP contribution in [-0.4, -0.2) is 21.5 Å². The molecule has 2 N–H and O–H groups in total. The Hall–Kier alpha value is -2.69. The Balaban J connectivity index is 1.79. The SMILES string of the molecule is CCNc1nccc(NCc2cccc3cccnc23)n1. The zero-order valence-electron chi connectivity index (χ0n) is 11.9. The molecular weight excluding hydrogens is 262 g/mol. The van der Waals surface area contributed by atoms with Crippen molar-refractivity contribution < 1.29 is 0 Å². The molecule has 0 saturated carbocycles. The number of hydrogen-bond donors (Lipinski definition) is 2. The van der Waals surface area contributed by atoms with Gasteiger partial charge in [0, 0.05) is 30.9 Å². The minimum atomic E-state index is 0.638. The van der Waals surface area contributed by atoms with Crippen LogP contribution in [-0.2, 0) is 6.54 Å². The molecule has 3 rings (SSSR count). The highest BCUT2D eigenvalue weighted by Gasteiger charge is 2.03. The molecule has 2 heterocycles. The maximum atomic E-state index is 4.46. The summed E-state index contributed by atoms with van der Waals surface area (Å²) in [7, 11) is 0. The number of hydrogen-bond acceptors (Lipinski definition) is 5. The maximum Gasteiger partial charge on any atom is 0.224 e. The van der Waals surface area contributed by atoms with Crippen LogP contribution in [0.2, 0.25) is 0 Å². The van der Waals surface area contributed by atoms with E-state index in [1.807, 2.05) is 31.3 Å². The molecule has 1 aromatic carbocycles. The monoisotopic (exact) mass is 279 g/mol. The Kier molecular flexibility index (Phi) is 3.91. The van der Waals surface area contributed by atoms with Crippen LogP contribution in [0.15, 0.2) is 48.8 Å². The first-order valence-corrected chi connectivity index (χ1v) is 7.00. The summed E-state index contributed by atoms with van der Waals surface area (Å²) in [6.07, 6.45) is 3.56. The van der Waals surface area contributed by atoms with Crippen LogP contribution in [0, 0.1) is 0 Å². The molecule has 0 unspecified atom stereocenters. The van der Waals surface area contributed by atoms with Crippen LogP contribution in [0.5, 0.6) is 0 Å². The van der Waals surface area contributed by atoms with Gasteiger partial charge in [0.1, 0.15) is 5.82 Å². The van der Waals surface area contributed by atoms with E-state index in [9.17, 15) is 0 Å². The van der Waals surface area contributed by atoms with Crippen LogP contribution in [0.1, 0.15) is 12.5 Å². The lowest BCUT2D eigenvalue weighted by Gasteiger charge is -2.09. The predicted octanol–water partition coefficient (Wildman–Crippen LogP) is 3.07. The largest absolute Gasteiger partial charge is 0.366 e. The Morgan fingerprint density at radius 3 is 2.76 bits per heavy atom. The number of nitrogens with one attached hydrogen (secondary N) is 2. The molecule has 5 nitrogen and oxygen atoms in total. The maximum absolute atomic E-state index is 4.46. The molecule has 0 aliphatic carbocycles. The van der Waals surface area contributed by atoms with E-state index in [0.717, 1.165) is 28.8 Å². The summed E-state index contributed by atoms with van der Waals surface area (Å²) in [5.41, 5.74) is 2.17. The van der Waals surface area contributed by atoms with E-state index in [0.29, 0.717) is 12.5 Å². The molecule has 0 aliphatic rings. The molecule has 106 valence electrons. The third-order valence-corrected chi connectivity index (χ3v) is 3.17. The van der Waals surface area contributed by atoms with Crippen molar-refractivity contribution in [1.29, 1.82) is 0 Å². The van der Waals surface area contributed by atoms with Gasteiger partial charge in [-0.1, -0.05) is 24.3 Å². The lowest BCUT2D eigenvalue weighted by Crippen LogP contribution is -2.06. The number of anilines is 2. The molecule has 21 heavy (non-hydrogen) atoms. The van der Waals surface area contributed by atoms with Gasteiger partial charge in [0.25, 0.3) is 0 Å². The van der Waals surface area contributed by atoms with Crippen molar-refractivity contribution in [2.24, 2.45) is 0 Å². The summed E-state index contributed by atoms with van der Waals surface area (Å²) in [5, 5.41) is 7.57. The molecule has 0 radical (unpaired) electrons. The van der Waals surface area contributed by atoms with E-state index >= 15 is 0 Å². The highest BCUT2D eigenvalue weighted by atomic mass is 15.1. The Bertz CT molecular complexity index is 736. The summed E-state index contributed by atoms with van der Waals surface area (Å²) >= 11 is 0. The van der Waals surface area contributed by atoms with E-state index < -0.39 is 0 Å². The number of aromatic nitrogens is 3. The molecule has 0 amide bonds. The van der Waals surface area contributed by atoms with Gasteiger partial charge in [0.15, 0.2) is 0 Å². The second-order valence-corrected chi connectivity index (χ2v) is 4.64. The van der Waals surface area contributed by atoms with Gasteiger partial charge in [-0.05, 0) is 24.6 Å². The summed E-state index contributed by atoms with van der Waals surface area (Å²) in [4.78, 5) is 13.0. The summed E-state index contributed by atoms with van der Waals surface area (Å²) in [6, 6.07) is 12.1. The molecule has 0 bridgehead atoms. The van der Waals surface area contributed by atoms with Crippen molar-refractivity contribution in [3.8, 4) is 0 Å². The van der Waals surface area contributed by atoms with Gasteiger partial charge in [-0.15, -0.1) is 0 Å². The van der Waals surface area contributed by atoms with Gasteiger partial charge in [0.2, 0.25) is 5.95 Å². The van der Waals surface area contributed by atoms with Gasteiger partial charge in [-0.25, -0.2) is 4.98 Å². The van der Waals surface area contributed by atoms with Gasteiger partial charge < -0.3 is 10.6 Å². The lowest BCUT2D eigenvalue weighted by molar-refractivity contribution is 1.05. The smallest absolute Gasteiger partial charge is 0.224 e. The minimum Gasteiger partial charge on any atom is -0.366 e. The number of nitrogens with zero attached hydrogens (tertiary/aromatic N) is 3. The van der Waals surface area contributed by atoms with Gasteiger partial charge in [-0.2, -0.15) is 4.98 Å². The summed E-state index contributed by atoms with van der Waals surface area (Å²) < 4.78 is 0. The van der Waals surface area contributed by atoms with E-state index in [-0.39, 0.29) is 0 Å². The van der Waals surface area contributed by atoms with Crippen LogP contribution >= 0.6 is 0 Å². The fraction of sp³-hybridized carbons (Fsp3) is 0.188. The molecular formula is C16H17N5. The standard InChI is InChI=1S/C16H17N5/c1-2-17-16-19-10-8-14(21-16)20-11-13-6-3-5-12-7-4-9-18-15(12)13/h3-10H,2,11H2,1H3,(H2,17,19,20,21). The molecule has 0 aliphatic heterocycles. The van der Waals surface area contributed by atoms with Gasteiger partial charge in [0.05, 0.1) is 5.52 Å². The second kappa shape index (κ2) is 6.17. The zero-order valence-corrected chi connectivity index (χ0v) is 11.9. The lowest BCUT2D eigenvalue weighted by atomic mass is 10.1. The highest BCUT2D eigenvalue weighted by molar-refractivity contribution is 5.81. The number of pyridine rings is 1. The Morgan fingerprint density at radius 2 is 1.86 bits per heavy atom. The Morgan fingerprint density at radius 1 is 0.952 bits per heavy atom. The van der Waals surface area contributed by atoms with Crippen molar-refractivity contribution in [3.05, 3.63) is 54.4 Å². The fourth-order valence-electron chi connectivity index (χ4n) is 2.20. The summed E-state index contributed by atoms with van der Waals surface area (Å²) in [6.45, 7) is 3.50. The van der Waals surface area contributed by atoms with E-state index in [4.69, 9.17) is 0 Å². The second-order valence-electron chi connectivity index (χ2n) is 4.64. The first kappa shape index (κ1) is 13.3. The zero-order chi connectivity index (χ0) is 14.5.